The van der Waals surface area contributed by atoms with Crippen LogP contribution in [-0.4, -0.2) is 37.6 Å². The van der Waals surface area contributed by atoms with Crippen molar-refractivity contribution < 1.29 is 18.7 Å². The smallest absolute Gasteiger partial charge is 0.319 e. The van der Waals surface area contributed by atoms with Crippen LogP contribution >= 0.6 is 0 Å². The maximum Gasteiger partial charge on any atom is 0.319 e. The minimum atomic E-state index is -0.538. The van der Waals surface area contributed by atoms with Crippen molar-refractivity contribution in [2.45, 2.75) is 50.2 Å². The van der Waals surface area contributed by atoms with Crippen LogP contribution in [0.3, 0.4) is 0 Å². The monoisotopic (exact) mass is 336 g/mol. The minimum Gasteiger partial charge on any atom is -0.491 e. The molecule has 0 radical (unpaired) electrons. The summed E-state index contributed by atoms with van der Waals surface area (Å²) in [6.07, 6.45) is 6.35. The maximum atomic E-state index is 12.2. The Morgan fingerprint density at radius 2 is 2.21 bits per heavy atom. The highest BCUT2D eigenvalue weighted by molar-refractivity contribution is 5.89. The molecule has 5 nitrogen and oxygen atoms in total. The van der Waals surface area contributed by atoms with E-state index in [1.807, 2.05) is 0 Å². The molecule has 0 aromatic heterocycles. The molecule has 3 rings (SSSR count). The van der Waals surface area contributed by atoms with Crippen LogP contribution in [0.1, 0.15) is 38.5 Å². The Morgan fingerprint density at radius 1 is 1.38 bits per heavy atom. The van der Waals surface area contributed by atoms with Crippen LogP contribution in [-0.2, 0) is 4.74 Å². The average molecular weight is 336 g/mol. The molecule has 1 aliphatic heterocycles. The summed E-state index contributed by atoms with van der Waals surface area (Å²) in [4.78, 5) is 12.2. The molecule has 1 aromatic carbocycles. The summed E-state index contributed by atoms with van der Waals surface area (Å²) in [5.74, 6) is 0.543. The summed E-state index contributed by atoms with van der Waals surface area (Å²) < 4.78 is 23.4. The first-order valence-electron chi connectivity index (χ1n) is 8.69. The summed E-state index contributed by atoms with van der Waals surface area (Å²) in [5.41, 5.74) is 0.613. The standard InChI is InChI=1S/C18H25FN2O3/c19-9-11-23-16-5-3-4-14(12-16)20-17(22)21-15-6-10-24-18(13-15)7-1-2-8-18/h3-5,12,15H,1-2,6-11,13H2,(H2,20,21,22). The highest BCUT2D eigenvalue weighted by atomic mass is 19.1. The van der Waals surface area contributed by atoms with Crippen molar-refractivity contribution >= 4 is 11.7 Å². The molecule has 1 aliphatic carbocycles. The number of anilines is 1. The topological polar surface area (TPSA) is 59.6 Å². The van der Waals surface area contributed by atoms with Crippen LogP contribution in [0, 0.1) is 0 Å². The zero-order valence-corrected chi connectivity index (χ0v) is 13.9. The first-order valence-corrected chi connectivity index (χ1v) is 8.69. The molecular weight excluding hydrogens is 311 g/mol. The Hall–Kier alpha value is -1.82. The van der Waals surface area contributed by atoms with Crippen molar-refractivity contribution in [3.63, 3.8) is 0 Å². The molecule has 1 spiro atoms. The number of benzene rings is 1. The number of ether oxygens (including phenoxy) is 2. The molecular formula is C18H25FN2O3. The summed E-state index contributed by atoms with van der Waals surface area (Å²) in [7, 11) is 0. The van der Waals surface area contributed by atoms with Crippen molar-refractivity contribution in [1.82, 2.24) is 5.32 Å². The van der Waals surface area contributed by atoms with E-state index in [1.165, 1.54) is 12.8 Å². The Morgan fingerprint density at radius 3 is 3.00 bits per heavy atom. The average Bonchev–Trinajstić information content (AvgIpc) is 3.01. The first-order chi connectivity index (χ1) is 11.7. The molecule has 2 N–H and O–H groups in total. The molecule has 0 bridgehead atoms. The van der Waals surface area contributed by atoms with Crippen molar-refractivity contribution in [3.8, 4) is 5.75 Å². The van der Waals surface area contributed by atoms with E-state index in [-0.39, 0.29) is 24.3 Å². The van der Waals surface area contributed by atoms with Gasteiger partial charge in [0.15, 0.2) is 0 Å². The number of carbonyl (C=O) groups excluding carboxylic acids is 1. The van der Waals surface area contributed by atoms with Crippen LogP contribution in [0.2, 0.25) is 0 Å². The molecule has 2 fully saturated rings. The summed E-state index contributed by atoms with van der Waals surface area (Å²) in [5, 5.41) is 5.87. The normalized spacial score (nSPS) is 22.3. The number of amides is 2. The van der Waals surface area contributed by atoms with Gasteiger partial charge < -0.3 is 20.1 Å². The Labute approximate surface area is 141 Å². The lowest BCUT2D eigenvalue weighted by Crippen LogP contribution is -2.48. The number of urea groups is 1. The Kier molecular flexibility index (Phi) is 5.56. The van der Waals surface area contributed by atoms with Gasteiger partial charge in [-0.05, 0) is 37.8 Å². The second-order valence-electron chi connectivity index (χ2n) is 6.59. The van der Waals surface area contributed by atoms with Gasteiger partial charge in [0.2, 0.25) is 0 Å². The van der Waals surface area contributed by atoms with Crippen LogP contribution in [0.15, 0.2) is 24.3 Å². The fraction of sp³-hybridized carbons (Fsp3) is 0.611. The van der Waals surface area contributed by atoms with Gasteiger partial charge in [0.05, 0.1) is 5.60 Å². The Bertz CT molecular complexity index is 561. The second-order valence-corrected chi connectivity index (χ2v) is 6.59. The van der Waals surface area contributed by atoms with Crippen LogP contribution in [0.5, 0.6) is 5.75 Å². The van der Waals surface area contributed by atoms with E-state index in [4.69, 9.17) is 9.47 Å². The summed E-state index contributed by atoms with van der Waals surface area (Å²) in [6.45, 7) is 0.182. The van der Waals surface area contributed by atoms with Gasteiger partial charge in [-0.2, -0.15) is 0 Å². The van der Waals surface area contributed by atoms with Gasteiger partial charge in [-0.3, -0.25) is 0 Å². The quantitative estimate of drug-likeness (QED) is 0.863. The van der Waals surface area contributed by atoms with Crippen LogP contribution < -0.4 is 15.4 Å². The van der Waals surface area contributed by atoms with E-state index in [1.54, 1.807) is 24.3 Å². The molecule has 1 saturated carbocycles. The molecule has 1 atom stereocenters. The van der Waals surface area contributed by atoms with Gasteiger partial charge in [-0.15, -0.1) is 0 Å². The maximum absolute atomic E-state index is 12.2. The van der Waals surface area contributed by atoms with E-state index in [0.717, 1.165) is 25.7 Å². The van der Waals surface area contributed by atoms with E-state index in [2.05, 4.69) is 10.6 Å². The lowest BCUT2D eigenvalue weighted by atomic mass is 9.89. The number of nitrogens with one attached hydrogen (secondary N) is 2. The predicted octanol–water partition coefficient (Wildman–Crippen LogP) is 3.65. The lowest BCUT2D eigenvalue weighted by molar-refractivity contribution is -0.0818. The third-order valence-corrected chi connectivity index (χ3v) is 4.78. The van der Waals surface area contributed by atoms with Gasteiger partial charge in [0, 0.05) is 24.4 Å². The van der Waals surface area contributed by atoms with Crippen molar-refractivity contribution in [2.75, 3.05) is 25.2 Å². The molecule has 132 valence electrons. The summed E-state index contributed by atoms with van der Waals surface area (Å²) in [6, 6.07) is 6.90. The zero-order chi connectivity index (χ0) is 16.8. The van der Waals surface area contributed by atoms with Crippen LogP contribution in [0.25, 0.3) is 0 Å². The zero-order valence-electron chi connectivity index (χ0n) is 13.9. The lowest BCUT2D eigenvalue weighted by Gasteiger charge is -2.38. The third kappa shape index (κ3) is 4.38. The van der Waals surface area contributed by atoms with E-state index < -0.39 is 6.67 Å². The number of hydrogen-bond acceptors (Lipinski definition) is 3. The fourth-order valence-electron chi connectivity index (χ4n) is 3.69. The molecule has 1 unspecified atom stereocenters. The largest absolute Gasteiger partial charge is 0.491 e. The van der Waals surface area contributed by atoms with E-state index in [0.29, 0.717) is 18.0 Å². The van der Waals surface area contributed by atoms with Gasteiger partial charge in [-0.1, -0.05) is 18.9 Å². The van der Waals surface area contributed by atoms with Gasteiger partial charge in [-0.25, -0.2) is 9.18 Å². The number of hydrogen-bond donors (Lipinski definition) is 2. The number of carbonyl (C=O) groups is 1. The molecule has 1 aromatic rings. The van der Waals surface area contributed by atoms with E-state index in [9.17, 15) is 9.18 Å². The van der Waals surface area contributed by atoms with Crippen molar-refractivity contribution in [1.29, 1.82) is 0 Å². The molecule has 1 heterocycles. The Balaban J connectivity index is 1.52. The highest BCUT2D eigenvalue weighted by Gasteiger charge is 2.40. The van der Waals surface area contributed by atoms with E-state index >= 15 is 0 Å². The van der Waals surface area contributed by atoms with Gasteiger partial charge in [0.25, 0.3) is 0 Å². The highest BCUT2D eigenvalue weighted by Crippen LogP contribution is 2.39. The van der Waals surface area contributed by atoms with Crippen LogP contribution in [0.4, 0.5) is 14.9 Å². The molecule has 24 heavy (non-hydrogen) atoms. The third-order valence-electron chi connectivity index (χ3n) is 4.78. The fourth-order valence-corrected chi connectivity index (χ4v) is 3.69. The minimum absolute atomic E-state index is 0.0137. The number of alkyl halides is 1. The summed E-state index contributed by atoms with van der Waals surface area (Å²) >= 11 is 0. The number of rotatable bonds is 5. The molecule has 6 heteroatoms. The second kappa shape index (κ2) is 7.83. The van der Waals surface area contributed by atoms with Crippen molar-refractivity contribution in [3.05, 3.63) is 24.3 Å². The molecule has 2 aliphatic rings. The van der Waals surface area contributed by atoms with Crippen molar-refractivity contribution in [2.24, 2.45) is 0 Å². The molecule has 1 saturated heterocycles. The predicted molar refractivity (Wildman–Crippen MR) is 90.2 cm³/mol. The number of halogens is 1. The SMILES string of the molecule is O=C(Nc1cccc(OCCF)c1)NC1CCOC2(CCCC2)C1. The van der Waals surface area contributed by atoms with Gasteiger partial charge >= 0.3 is 6.03 Å². The first kappa shape index (κ1) is 17.0. The molecule has 2 amide bonds. The van der Waals surface area contributed by atoms with Gasteiger partial charge in [0.1, 0.15) is 19.0 Å².